The van der Waals surface area contributed by atoms with Gasteiger partial charge in [-0.15, -0.1) is 0 Å². The van der Waals surface area contributed by atoms with Gasteiger partial charge in [0.2, 0.25) is 0 Å². The Hall–Kier alpha value is -2.79. The summed E-state index contributed by atoms with van der Waals surface area (Å²) < 4.78 is 88.8. The van der Waals surface area contributed by atoms with Gasteiger partial charge in [0.05, 0.1) is 15.8 Å². The average Bonchev–Trinajstić information content (AvgIpc) is 2.82. The molecule has 174 valence electrons. The lowest BCUT2D eigenvalue weighted by Crippen LogP contribution is -2.11. The molecule has 0 unspecified atom stereocenters. The Morgan fingerprint density at radius 2 is 1.12 bits per heavy atom. The highest BCUT2D eigenvalue weighted by Gasteiger charge is 2.33. The molecule has 0 aliphatic rings. The zero-order valence-electron chi connectivity index (χ0n) is 17.1. The van der Waals surface area contributed by atoms with Crippen LogP contribution in [0.3, 0.4) is 0 Å². The minimum atomic E-state index is -5.52. The van der Waals surface area contributed by atoms with E-state index in [0.29, 0.717) is 11.8 Å². The second-order valence-electron chi connectivity index (χ2n) is 6.90. The Morgan fingerprint density at radius 3 is 1.59 bits per heavy atom. The van der Waals surface area contributed by atoms with Gasteiger partial charge in [0.1, 0.15) is 0 Å². The van der Waals surface area contributed by atoms with Crippen molar-refractivity contribution < 1.29 is 30.5 Å². The Kier molecular flexibility index (Phi) is 7.04. The summed E-state index contributed by atoms with van der Waals surface area (Å²) in [6.07, 6.45) is 0. The Labute approximate surface area is 200 Å². The molecule has 0 fully saturated rings. The maximum absolute atomic E-state index is 14.5. The van der Waals surface area contributed by atoms with E-state index in [2.05, 4.69) is 0 Å². The van der Waals surface area contributed by atoms with Crippen LogP contribution in [-0.2, 0) is 21.0 Å². The monoisotopic (exact) mass is 523 g/mol. The smallest absolute Gasteiger partial charge is 0.282 e. The van der Waals surface area contributed by atoms with Crippen molar-refractivity contribution in [1.29, 1.82) is 0 Å². The third kappa shape index (κ3) is 4.85. The minimum Gasteiger partial charge on any atom is -0.282 e. The van der Waals surface area contributed by atoms with Crippen LogP contribution in [0.25, 0.3) is 0 Å². The minimum absolute atomic E-state index is 0.276. The summed E-state index contributed by atoms with van der Waals surface area (Å²) in [6, 6.07) is 25.8. The van der Waals surface area contributed by atoms with E-state index in [0.717, 1.165) is 14.7 Å². The van der Waals surface area contributed by atoms with Crippen molar-refractivity contribution in [2.75, 3.05) is 0 Å². The van der Waals surface area contributed by atoms with E-state index in [9.17, 15) is 26.0 Å². The molecule has 0 amide bonds. The van der Waals surface area contributed by atoms with Crippen LogP contribution >= 0.6 is 11.8 Å². The van der Waals surface area contributed by atoms with Crippen molar-refractivity contribution in [1.82, 2.24) is 0 Å². The van der Waals surface area contributed by atoms with Crippen molar-refractivity contribution in [3.05, 3.63) is 108 Å². The van der Waals surface area contributed by atoms with Crippen LogP contribution in [0.15, 0.2) is 114 Å². The predicted molar refractivity (Wildman–Crippen MR) is 122 cm³/mol. The van der Waals surface area contributed by atoms with Gasteiger partial charge in [0, 0.05) is 11.0 Å². The molecule has 10 heteroatoms. The maximum atomic E-state index is 14.5. The van der Waals surface area contributed by atoms with E-state index < -0.39 is 54.1 Å². The lowest BCUT2D eigenvalue weighted by atomic mass is 10.3. The van der Waals surface area contributed by atoms with Crippen LogP contribution < -0.4 is 0 Å². The second-order valence-corrected chi connectivity index (χ2v) is 11.4. The van der Waals surface area contributed by atoms with Crippen molar-refractivity contribution in [2.45, 2.75) is 29.4 Å². The molecule has 0 spiro atoms. The molecule has 0 saturated carbocycles. The summed E-state index contributed by atoms with van der Waals surface area (Å²) in [5.74, 6) is -8.19. The number of halogens is 4. The fourth-order valence-corrected chi connectivity index (χ4v) is 6.98. The van der Waals surface area contributed by atoms with Crippen LogP contribution in [0.2, 0.25) is 0 Å². The zero-order chi connectivity index (χ0) is 24.5. The van der Waals surface area contributed by atoms with Gasteiger partial charge in [0.15, 0.2) is 42.9 Å². The normalized spacial score (nSPS) is 11.7. The van der Waals surface area contributed by atoms with E-state index in [4.69, 9.17) is 4.55 Å². The molecule has 0 bridgehead atoms. The van der Waals surface area contributed by atoms with Crippen molar-refractivity contribution in [3.8, 4) is 0 Å². The molecule has 4 aromatic carbocycles. The highest BCUT2D eigenvalue weighted by atomic mass is 32.2. The van der Waals surface area contributed by atoms with Gasteiger partial charge >= 0.3 is 10.1 Å². The van der Waals surface area contributed by atoms with Crippen molar-refractivity contribution >= 4 is 32.8 Å². The van der Waals surface area contributed by atoms with E-state index >= 15 is 0 Å². The van der Waals surface area contributed by atoms with Crippen LogP contribution in [0.5, 0.6) is 0 Å². The molecule has 0 saturated heterocycles. The van der Waals surface area contributed by atoms with Crippen LogP contribution in [0.4, 0.5) is 17.6 Å². The van der Waals surface area contributed by atoms with E-state index in [1.807, 2.05) is 66.7 Å². The first-order valence-electron chi connectivity index (χ1n) is 9.64. The molecule has 0 aliphatic carbocycles. The molecule has 3 nitrogen and oxygen atoms in total. The molecule has 34 heavy (non-hydrogen) atoms. The lowest BCUT2D eigenvalue weighted by Gasteiger charge is -2.11. The van der Waals surface area contributed by atoms with Crippen LogP contribution in [0, 0.1) is 23.3 Å². The summed E-state index contributed by atoms with van der Waals surface area (Å²) in [5, 5.41) is 0. The van der Waals surface area contributed by atoms with Crippen LogP contribution in [0.1, 0.15) is 0 Å². The van der Waals surface area contributed by atoms with E-state index in [-0.39, 0.29) is 4.90 Å². The SMILES string of the molecule is O=S(=O)(O)c1c(F)c(F)c(Sc2cccc([S+](c3ccccc3)c3ccccc3)c2)c(F)c1F. The summed E-state index contributed by atoms with van der Waals surface area (Å²) in [5.41, 5.74) is 0. The molecule has 0 aliphatic heterocycles. The Bertz CT molecular complexity index is 1380. The maximum Gasteiger partial charge on any atom is 0.300 e. The van der Waals surface area contributed by atoms with Crippen molar-refractivity contribution in [2.24, 2.45) is 0 Å². The Balaban J connectivity index is 1.79. The summed E-state index contributed by atoms with van der Waals surface area (Å²) >= 11 is 0.408. The number of benzene rings is 4. The number of hydrogen-bond acceptors (Lipinski definition) is 3. The standard InChI is InChI=1S/C24H14F4O3S3/c25-19-21(27)24(34(29,30)31)22(28)20(26)23(19)32-15-8-7-13-18(14-15)33(16-9-3-1-4-10-16)17-11-5-2-6-12-17/h1-14H/p+1. The van der Waals surface area contributed by atoms with E-state index in [1.165, 1.54) is 6.07 Å². The van der Waals surface area contributed by atoms with Crippen molar-refractivity contribution in [3.63, 3.8) is 0 Å². The van der Waals surface area contributed by atoms with Gasteiger partial charge in [0.25, 0.3) is 0 Å². The summed E-state index contributed by atoms with van der Waals surface area (Å²) in [7, 11) is -6.10. The molecule has 0 aromatic heterocycles. The topological polar surface area (TPSA) is 54.4 Å². The van der Waals surface area contributed by atoms with Gasteiger partial charge in [-0.2, -0.15) is 8.42 Å². The fraction of sp³-hybridized carbons (Fsp3) is 0. The quantitative estimate of drug-likeness (QED) is 0.132. The lowest BCUT2D eigenvalue weighted by molar-refractivity contribution is 0.384. The molecule has 0 radical (unpaired) electrons. The number of hydrogen-bond donors (Lipinski definition) is 1. The average molecular weight is 524 g/mol. The van der Waals surface area contributed by atoms with Gasteiger partial charge in [-0.25, -0.2) is 17.6 Å². The molecule has 1 N–H and O–H groups in total. The van der Waals surface area contributed by atoms with Crippen LogP contribution in [-0.4, -0.2) is 13.0 Å². The zero-order valence-corrected chi connectivity index (χ0v) is 19.5. The van der Waals surface area contributed by atoms with Gasteiger partial charge < -0.3 is 0 Å². The predicted octanol–water partition coefficient (Wildman–Crippen LogP) is 6.74. The molecule has 4 aromatic rings. The summed E-state index contributed by atoms with van der Waals surface area (Å²) in [6.45, 7) is 0. The highest BCUT2D eigenvalue weighted by Crippen LogP contribution is 2.39. The largest absolute Gasteiger partial charge is 0.300 e. The molecular formula is C24H15F4O3S3+. The second kappa shape index (κ2) is 9.83. The molecule has 0 heterocycles. The first kappa shape index (κ1) is 24.3. The molecular weight excluding hydrogens is 508 g/mol. The highest BCUT2D eigenvalue weighted by molar-refractivity contribution is 7.99. The van der Waals surface area contributed by atoms with Gasteiger partial charge in [-0.3, -0.25) is 4.55 Å². The molecule has 4 rings (SSSR count). The fourth-order valence-electron chi connectivity index (χ4n) is 3.21. The molecule has 0 atom stereocenters. The first-order chi connectivity index (χ1) is 16.2. The third-order valence-electron chi connectivity index (χ3n) is 4.66. The number of rotatable bonds is 6. The third-order valence-corrected chi connectivity index (χ3v) is 8.80. The Morgan fingerprint density at radius 1 is 0.647 bits per heavy atom. The van der Waals surface area contributed by atoms with Gasteiger partial charge in [-0.05, 0) is 36.4 Å². The van der Waals surface area contributed by atoms with E-state index in [1.54, 1.807) is 12.1 Å². The summed E-state index contributed by atoms with van der Waals surface area (Å²) in [4.78, 5) is -0.0726. The first-order valence-corrected chi connectivity index (χ1v) is 13.1. The van der Waals surface area contributed by atoms with Gasteiger partial charge in [-0.1, -0.05) is 54.2 Å².